The van der Waals surface area contributed by atoms with E-state index in [9.17, 15) is 0 Å². The smallest absolute Gasteiger partial charge is 0.0597 e. The lowest BCUT2D eigenvalue weighted by Gasteiger charge is -2.42. The van der Waals surface area contributed by atoms with E-state index in [1.165, 1.54) is 44.2 Å². The molecule has 0 spiro atoms. The average Bonchev–Trinajstić information content (AvgIpc) is 2.66. The molecular formula is C16H30N4. The van der Waals surface area contributed by atoms with Crippen molar-refractivity contribution in [2.75, 3.05) is 13.1 Å². The van der Waals surface area contributed by atoms with Crippen LogP contribution in [-0.4, -0.2) is 33.3 Å². The Kier molecular flexibility index (Phi) is 5.22. The molecule has 1 aromatic heterocycles. The van der Waals surface area contributed by atoms with Crippen LogP contribution in [0.25, 0.3) is 0 Å². The van der Waals surface area contributed by atoms with Crippen LogP contribution >= 0.6 is 0 Å². The maximum absolute atomic E-state index is 6.22. The van der Waals surface area contributed by atoms with Gasteiger partial charge < -0.3 is 5.73 Å². The van der Waals surface area contributed by atoms with Gasteiger partial charge in [0.25, 0.3) is 0 Å². The molecule has 4 nitrogen and oxygen atoms in total. The number of hydrogen-bond donors (Lipinski definition) is 1. The molecule has 4 heteroatoms. The van der Waals surface area contributed by atoms with Crippen molar-refractivity contribution in [2.45, 2.75) is 64.5 Å². The number of nitrogens with two attached hydrogens (primary N) is 1. The first-order valence-electron chi connectivity index (χ1n) is 8.06. The summed E-state index contributed by atoms with van der Waals surface area (Å²) in [6.07, 6.45) is 7.85. The molecule has 1 saturated carbocycles. The van der Waals surface area contributed by atoms with Gasteiger partial charge in [-0.15, -0.1) is 0 Å². The molecule has 0 unspecified atom stereocenters. The van der Waals surface area contributed by atoms with Crippen LogP contribution in [0.3, 0.4) is 0 Å². The molecule has 1 aliphatic rings. The lowest BCUT2D eigenvalue weighted by molar-refractivity contribution is 0.0732. The summed E-state index contributed by atoms with van der Waals surface area (Å²) < 4.78 is 2.01. The third kappa shape index (κ3) is 3.23. The zero-order valence-corrected chi connectivity index (χ0v) is 13.4. The van der Waals surface area contributed by atoms with E-state index in [1.807, 2.05) is 11.7 Å². The van der Waals surface area contributed by atoms with Gasteiger partial charge in [0.2, 0.25) is 0 Å². The largest absolute Gasteiger partial charge is 0.329 e. The molecule has 1 aliphatic carbocycles. The summed E-state index contributed by atoms with van der Waals surface area (Å²) in [5.41, 5.74) is 8.81. The Labute approximate surface area is 123 Å². The van der Waals surface area contributed by atoms with E-state index in [-0.39, 0.29) is 5.54 Å². The number of nitrogens with zero attached hydrogens (tertiary/aromatic N) is 3. The Bertz CT molecular complexity index is 416. The van der Waals surface area contributed by atoms with Gasteiger partial charge in [0, 0.05) is 25.7 Å². The maximum Gasteiger partial charge on any atom is 0.0597 e. The van der Waals surface area contributed by atoms with Gasteiger partial charge in [0.05, 0.1) is 11.4 Å². The molecule has 1 heterocycles. The molecule has 20 heavy (non-hydrogen) atoms. The van der Waals surface area contributed by atoms with Crippen LogP contribution in [0.15, 0.2) is 6.07 Å². The zero-order valence-electron chi connectivity index (χ0n) is 13.4. The normalized spacial score (nSPS) is 19.2. The number of likely N-dealkylation sites (N-methyl/N-ethyl adjacent to an activating group) is 1. The molecule has 114 valence electrons. The van der Waals surface area contributed by atoms with Crippen molar-refractivity contribution in [3.63, 3.8) is 0 Å². The molecule has 0 aromatic carbocycles. The van der Waals surface area contributed by atoms with Gasteiger partial charge in [-0.05, 0) is 32.4 Å². The number of hydrogen-bond acceptors (Lipinski definition) is 3. The average molecular weight is 278 g/mol. The van der Waals surface area contributed by atoms with Crippen molar-refractivity contribution < 1.29 is 0 Å². The predicted molar refractivity (Wildman–Crippen MR) is 83.5 cm³/mol. The second kappa shape index (κ2) is 6.72. The summed E-state index contributed by atoms with van der Waals surface area (Å²) in [5, 5.41) is 4.47. The number of aromatic nitrogens is 2. The molecule has 1 aromatic rings. The number of rotatable bonds is 5. The van der Waals surface area contributed by atoms with Gasteiger partial charge >= 0.3 is 0 Å². The first-order valence-corrected chi connectivity index (χ1v) is 8.06. The van der Waals surface area contributed by atoms with Crippen LogP contribution in [-0.2, 0) is 13.6 Å². The second-order valence-electron chi connectivity index (χ2n) is 6.26. The third-order valence-corrected chi connectivity index (χ3v) is 4.92. The van der Waals surface area contributed by atoms with E-state index in [1.54, 1.807) is 0 Å². The van der Waals surface area contributed by atoms with Crippen LogP contribution in [0, 0.1) is 6.92 Å². The van der Waals surface area contributed by atoms with Crippen molar-refractivity contribution in [1.82, 2.24) is 14.7 Å². The van der Waals surface area contributed by atoms with Crippen LogP contribution in [0.4, 0.5) is 0 Å². The molecule has 1 fully saturated rings. The van der Waals surface area contributed by atoms with E-state index in [4.69, 9.17) is 5.73 Å². The van der Waals surface area contributed by atoms with Crippen molar-refractivity contribution in [1.29, 1.82) is 0 Å². The van der Waals surface area contributed by atoms with Crippen LogP contribution < -0.4 is 5.73 Å². The zero-order chi connectivity index (χ0) is 14.6. The SMILES string of the molecule is CCN(Cc1cc(C)nn1C)C1(CN)CCCCCC1. The van der Waals surface area contributed by atoms with Crippen molar-refractivity contribution in [3.8, 4) is 0 Å². The Balaban J connectivity index is 2.18. The summed E-state index contributed by atoms with van der Waals surface area (Å²) in [4.78, 5) is 2.59. The van der Waals surface area contributed by atoms with Crippen LogP contribution in [0.2, 0.25) is 0 Å². The van der Waals surface area contributed by atoms with Crippen molar-refractivity contribution >= 4 is 0 Å². The Morgan fingerprint density at radius 2 is 1.95 bits per heavy atom. The fourth-order valence-corrected chi connectivity index (χ4v) is 3.66. The lowest BCUT2D eigenvalue weighted by Crippen LogP contribution is -2.53. The molecule has 0 atom stereocenters. The van der Waals surface area contributed by atoms with Gasteiger partial charge in [-0.25, -0.2) is 0 Å². The summed E-state index contributed by atoms with van der Waals surface area (Å²) in [6, 6.07) is 2.20. The summed E-state index contributed by atoms with van der Waals surface area (Å²) in [5.74, 6) is 0. The molecule has 2 N–H and O–H groups in total. The van der Waals surface area contributed by atoms with Gasteiger partial charge in [-0.2, -0.15) is 5.10 Å². The molecule has 0 saturated heterocycles. The second-order valence-corrected chi connectivity index (χ2v) is 6.26. The van der Waals surface area contributed by atoms with Crippen LogP contribution in [0.1, 0.15) is 56.8 Å². The fourth-order valence-electron chi connectivity index (χ4n) is 3.66. The first-order chi connectivity index (χ1) is 9.61. The highest BCUT2D eigenvalue weighted by molar-refractivity contribution is 5.09. The highest BCUT2D eigenvalue weighted by Crippen LogP contribution is 2.32. The molecule has 0 bridgehead atoms. The lowest BCUT2D eigenvalue weighted by atomic mass is 9.88. The Hall–Kier alpha value is -0.870. The predicted octanol–water partition coefficient (Wildman–Crippen LogP) is 2.60. The third-order valence-electron chi connectivity index (χ3n) is 4.92. The molecule has 0 aliphatic heterocycles. The van der Waals surface area contributed by atoms with Gasteiger partial charge in [0.15, 0.2) is 0 Å². The highest BCUT2D eigenvalue weighted by atomic mass is 15.3. The minimum Gasteiger partial charge on any atom is -0.329 e. The Morgan fingerprint density at radius 3 is 2.40 bits per heavy atom. The molecule has 0 radical (unpaired) electrons. The standard InChI is InChI=1S/C16H30N4/c1-4-20(12-15-11-14(2)18-19(15)3)16(13-17)9-7-5-6-8-10-16/h11H,4-10,12-13,17H2,1-3H3. The van der Waals surface area contributed by atoms with E-state index in [2.05, 4.69) is 29.9 Å². The quantitative estimate of drug-likeness (QED) is 0.842. The van der Waals surface area contributed by atoms with Gasteiger partial charge in [0.1, 0.15) is 0 Å². The van der Waals surface area contributed by atoms with E-state index < -0.39 is 0 Å². The highest BCUT2D eigenvalue weighted by Gasteiger charge is 2.35. The van der Waals surface area contributed by atoms with Gasteiger partial charge in [-0.3, -0.25) is 9.58 Å². The monoisotopic (exact) mass is 278 g/mol. The minimum absolute atomic E-state index is 0.198. The van der Waals surface area contributed by atoms with E-state index >= 15 is 0 Å². The molecular weight excluding hydrogens is 248 g/mol. The fraction of sp³-hybridized carbons (Fsp3) is 0.812. The maximum atomic E-state index is 6.22. The summed E-state index contributed by atoms with van der Waals surface area (Å²) in [7, 11) is 2.04. The molecule has 2 rings (SSSR count). The van der Waals surface area contributed by atoms with Gasteiger partial charge in [-0.1, -0.05) is 32.6 Å². The minimum atomic E-state index is 0.198. The summed E-state index contributed by atoms with van der Waals surface area (Å²) >= 11 is 0. The number of aryl methyl sites for hydroxylation is 2. The van der Waals surface area contributed by atoms with Crippen molar-refractivity contribution in [2.24, 2.45) is 12.8 Å². The Morgan fingerprint density at radius 1 is 1.30 bits per heavy atom. The van der Waals surface area contributed by atoms with Crippen LogP contribution in [0.5, 0.6) is 0 Å². The first kappa shape index (κ1) is 15.5. The van der Waals surface area contributed by atoms with E-state index in [0.29, 0.717) is 0 Å². The topological polar surface area (TPSA) is 47.1 Å². The summed E-state index contributed by atoms with van der Waals surface area (Å²) in [6.45, 7) is 7.11. The van der Waals surface area contributed by atoms with E-state index in [0.717, 1.165) is 25.3 Å². The molecule has 0 amide bonds. The van der Waals surface area contributed by atoms with Crippen molar-refractivity contribution in [3.05, 3.63) is 17.5 Å².